The molecule has 0 heterocycles. The van der Waals surface area contributed by atoms with E-state index >= 15 is 0 Å². The summed E-state index contributed by atoms with van der Waals surface area (Å²) in [5.41, 5.74) is 6.11. The maximum Gasteiger partial charge on any atom is 0.0162 e. The molecule has 2 heteroatoms. The highest BCUT2D eigenvalue weighted by molar-refractivity contribution is 4.68. The molecule has 0 rings (SSSR count). The molecule has 1 atom stereocenters. The van der Waals surface area contributed by atoms with Crippen molar-refractivity contribution in [2.24, 2.45) is 11.1 Å². The molecule has 1 unspecified atom stereocenters. The van der Waals surface area contributed by atoms with Crippen molar-refractivity contribution in [3.63, 3.8) is 0 Å². The van der Waals surface area contributed by atoms with Crippen LogP contribution in [0.3, 0.4) is 0 Å². The van der Waals surface area contributed by atoms with Crippen LogP contribution >= 0.6 is 0 Å². The molecule has 0 fully saturated rings. The Bertz CT molecular complexity index is 94.2. The fraction of sp³-hybridized carbons (Fsp3) is 1.00. The Balaban J connectivity index is 3.28. The Morgan fingerprint density at radius 1 is 1.36 bits per heavy atom. The third-order valence-electron chi connectivity index (χ3n) is 1.59. The van der Waals surface area contributed by atoms with Crippen molar-refractivity contribution in [2.45, 2.75) is 40.2 Å². The van der Waals surface area contributed by atoms with Crippen LogP contribution in [0, 0.1) is 5.41 Å². The first kappa shape index (κ1) is 10.9. The van der Waals surface area contributed by atoms with E-state index in [0.717, 1.165) is 19.5 Å². The van der Waals surface area contributed by atoms with Gasteiger partial charge in [0.05, 0.1) is 0 Å². The normalized spacial score (nSPS) is 15.0. The van der Waals surface area contributed by atoms with Crippen LogP contribution in [-0.2, 0) is 0 Å². The van der Waals surface area contributed by atoms with Crippen molar-refractivity contribution in [1.29, 1.82) is 0 Å². The van der Waals surface area contributed by atoms with Crippen LogP contribution in [0.4, 0.5) is 0 Å². The maximum absolute atomic E-state index is 5.74. The standard InChI is InChI=1S/C9H22N2/c1-5-8(10)6-11-7-9(2,3)4/h8,11H,5-7,10H2,1-4H3. The first-order valence-corrected chi connectivity index (χ1v) is 4.42. The zero-order valence-electron chi connectivity index (χ0n) is 8.28. The van der Waals surface area contributed by atoms with Crippen molar-refractivity contribution in [3.05, 3.63) is 0 Å². The molecule has 11 heavy (non-hydrogen) atoms. The molecule has 0 saturated heterocycles. The highest BCUT2D eigenvalue weighted by atomic mass is 14.9. The predicted molar refractivity (Wildman–Crippen MR) is 50.6 cm³/mol. The Kier molecular flexibility index (Phi) is 4.69. The minimum Gasteiger partial charge on any atom is -0.327 e. The van der Waals surface area contributed by atoms with Crippen LogP contribution in [0.1, 0.15) is 34.1 Å². The molecule has 0 aromatic rings. The van der Waals surface area contributed by atoms with E-state index in [0.29, 0.717) is 11.5 Å². The summed E-state index contributed by atoms with van der Waals surface area (Å²) in [4.78, 5) is 0. The molecule has 0 saturated carbocycles. The van der Waals surface area contributed by atoms with Gasteiger partial charge in [0.1, 0.15) is 0 Å². The fourth-order valence-corrected chi connectivity index (χ4v) is 0.777. The van der Waals surface area contributed by atoms with Crippen molar-refractivity contribution >= 4 is 0 Å². The highest BCUT2D eigenvalue weighted by Crippen LogP contribution is 2.09. The van der Waals surface area contributed by atoms with E-state index in [-0.39, 0.29) is 0 Å². The smallest absolute Gasteiger partial charge is 0.0162 e. The van der Waals surface area contributed by atoms with Gasteiger partial charge in [-0.2, -0.15) is 0 Å². The van der Waals surface area contributed by atoms with Crippen LogP contribution in [-0.4, -0.2) is 19.1 Å². The van der Waals surface area contributed by atoms with Gasteiger partial charge in [-0.25, -0.2) is 0 Å². The van der Waals surface area contributed by atoms with Crippen molar-refractivity contribution in [1.82, 2.24) is 5.32 Å². The SMILES string of the molecule is CCC(N)CNCC(C)(C)C. The van der Waals surface area contributed by atoms with Crippen molar-refractivity contribution < 1.29 is 0 Å². The van der Waals surface area contributed by atoms with Crippen molar-refractivity contribution in [2.75, 3.05) is 13.1 Å². The minimum atomic E-state index is 0.317. The van der Waals surface area contributed by atoms with E-state index in [1.54, 1.807) is 0 Å². The Hall–Kier alpha value is -0.0800. The van der Waals surface area contributed by atoms with Crippen LogP contribution in [0.15, 0.2) is 0 Å². The third kappa shape index (κ3) is 7.82. The third-order valence-corrected chi connectivity index (χ3v) is 1.59. The molecular formula is C9H22N2. The van der Waals surface area contributed by atoms with Gasteiger partial charge < -0.3 is 11.1 Å². The second kappa shape index (κ2) is 4.73. The summed E-state index contributed by atoms with van der Waals surface area (Å²) in [6, 6.07) is 0.317. The largest absolute Gasteiger partial charge is 0.327 e. The Morgan fingerprint density at radius 2 is 1.91 bits per heavy atom. The number of hydrogen-bond acceptors (Lipinski definition) is 2. The molecule has 0 radical (unpaired) electrons. The Labute approximate surface area is 70.5 Å². The minimum absolute atomic E-state index is 0.317. The lowest BCUT2D eigenvalue weighted by atomic mass is 9.97. The van der Waals surface area contributed by atoms with E-state index < -0.39 is 0 Å². The van der Waals surface area contributed by atoms with Gasteiger partial charge in [0.25, 0.3) is 0 Å². The molecule has 0 aliphatic carbocycles. The maximum atomic E-state index is 5.74. The van der Waals surface area contributed by atoms with E-state index in [4.69, 9.17) is 5.73 Å². The zero-order chi connectivity index (χ0) is 8.91. The molecule has 2 nitrogen and oxygen atoms in total. The number of rotatable bonds is 4. The molecule has 68 valence electrons. The second-order valence-corrected chi connectivity index (χ2v) is 4.36. The molecule has 0 spiro atoms. The molecule has 0 aliphatic rings. The molecule has 0 aromatic carbocycles. The summed E-state index contributed by atoms with van der Waals surface area (Å²) in [6.07, 6.45) is 1.05. The van der Waals surface area contributed by atoms with E-state index in [1.165, 1.54) is 0 Å². The summed E-state index contributed by atoms with van der Waals surface area (Å²) in [5.74, 6) is 0. The summed E-state index contributed by atoms with van der Waals surface area (Å²) < 4.78 is 0. The molecule has 0 aliphatic heterocycles. The monoisotopic (exact) mass is 158 g/mol. The van der Waals surface area contributed by atoms with Gasteiger partial charge in [0, 0.05) is 19.1 Å². The van der Waals surface area contributed by atoms with E-state index in [2.05, 4.69) is 33.0 Å². The van der Waals surface area contributed by atoms with Crippen molar-refractivity contribution in [3.8, 4) is 0 Å². The summed E-state index contributed by atoms with van der Waals surface area (Å²) in [5, 5.41) is 3.35. The summed E-state index contributed by atoms with van der Waals surface area (Å²) in [6.45, 7) is 10.8. The average Bonchev–Trinajstić information content (AvgIpc) is 1.85. The van der Waals surface area contributed by atoms with Gasteiger partial charge in [-0.05, 0) is 11.8 Å². The van der Waals surface area contributed by atoms with Crippen LogP contribution in [0.25, 0.3) is 0 Å². The first-order valence-electron chi connectivity index (χ1n) is 4.42. The lowest BCUT2D eigenvalue weighted by Crippen LogP contribution is -2.37. The van der Waals surface area contributed by atoms with Crippen LogP contribution in [0.5, 0.6) is 0 Å². The number of nitrogens with one attached hydrogen (secondary N) is 1. The highest BCUT2D eigenvalue weighted by Gasteiger charge is 2.09. The average molecular weight is 158 g/mol. The quantitative estimate of drug-likeness (QED) is 0.648. The lowest BCUT2D eigenvalue weighted by Gasteiger charge is -2.20. The summed E-state index contributed by atoms with van der Waals surface area (Å²) in [7, 11) is 0. The van der Waals surface area contributed by atoms with Gasteiger partial charge in [-0.3, -0.25) is 0 Å². The number of nitrogens with two attached hydrogens (primary N) is 1. The van der Waals surface area contributed by atoms with Gasteiger partial charge in [0.15, 0.2) is 0 Å². The zero-order valence-corrected chi connectivity index (χ0v) is 8.28. The van der Waals surface area contributed by atoms with E-state index in [9.17, 15) is 0 Å². The van der Waals surface area contributed by atoms with Gasteiger partial charge >= 0.3 is 0 Å². The fourth-order valence-electron chi connectivity index (χ4n) is 0.777. The lowest BCUT2D eigenvalue weighted by molar-refractivity contribution is 0.372. The van der Waals surface area contributed by atoms with Gasteiger partial charge in [0.2, 0.25) is 0 Å². The first-order chi connectivity index (χ1) is 4.95. The summed E-state index contributed by atoms with van der Waals surface area (Å²) >= 11 is 0. The van der Waals surface area contributed by atoms with E-state index in [1.807, 2.05) is 0 Å². The van der Waals surface area contributed by atoms with Gasteiger partial charge in [-0.1, -0.05) is 27.7 Å². The molecular weight excluding hydrogens is 136 g/mol. The number of hydrogen-bond donors (Lipinski definition) is 2. The second-order valence-electron chi connectivity index (χ2n) is 4.36. The Morgan fingerprint density at radius 3 is 2.27 bits per heavy atom. The molecule has 3 N–H and O–H groups in total. The van der Waals surface area contributed by atoms with Gasteiger partial charge in [-0.15, -0.1) is 0 Å². The van der Waals surface area contributed by atoms with Crippen LogP contribution in [0.2, 0.25) is 0 Å². The molecule has 0 bridgehead atoms. The molecule has 0 aromatic heterocycles. The van der Waals surface area contributed by atoms with Crippen LogP contribution < -0.4 is 11.1 Å². The molecule has 0 amide bonds. The predicted octanol–water partition coefficient (Wildman–Crippen LogP) is 1.36. The topological polar surface area (TPSA) is 38.0 Å².